The Labute approximate surface area is 137 Å². The van der Waals surface area contributed by atoms with Crippen molar-refractivity contribution in [2.24, 2.45) is 5.73 Å². The smallest absolute Gasteiger partial charge is 0.376 e. The highest BCUT2D eigenvalue weighted by Crippen LogP contribution is 2.25. The van der Waals surface area contributed by atoms with Crippen LogP contribution in [0.25, 0.3) is 11.0 Å². The lowest BCUT2D eigenvalue weighted by Crippen LogP contribution is -2.31. The van der Waals surface area contributed by atoms with Gasteiger partial charge in [0.15, 0.2) is 0 Å². The van der Waals surface area contributed by atoms with E-state index in [1.165, 1.54) is 18.2 Å². The molecule has 0 unspecified atom stereocenters. The first-order valence-electron chi connectivity index (χ1n) is 6.81. The molecule has 2 N–H and O–H groups in total. The standard InChI is InChI=1S/C13H14ClN3O5S/c14-6-12-16-10-2-1-9(23(19,20)22-13(15)18)5-11(10)17(12)7-8-3-4-21-8/h1-2,5,8H,3-4,6-7H2,(H2,15,18)/t8-/m0/s1. The fraction of sp³-hybridized carbons (Fsp3) is 0.385. The van der Waals surface area contributed by atoms with Crippen LogP contribution < -0.4 is 5.73 Å². The van der Waals surface area contributed by atoms with Crippen LogP contribution in [0.2, 0.25) is 0 Å². The van der Waals surface area contributed by atoms with Crippen molar-refractivity contribution in [2.45, 2.75) is 29.8 Å². The van der Waals surface area contributed by atoms with E-state index in [1.807, 2.05) is 4.57 Å². The molecule has 1 aliphatic rings. The lowest BCUT2D eigenvalue weighted by molar-refractivity contribution is -0.0589. The molecule has 1 fully saturated rings. The molecule has 8 nitrogen and oxygen atoms in total. The Balaban J connectivity index is 2.06. The quantitative estimate of drug-likeness (QED) is 0.636. The van der Waals surface area contributed by atoms with Gasteiger partial charge in [-0.15, -0.1) is 11.6 Å². The van der Waals surface area contributed by atoms with E-state index in [-0.39, 0.29) is 16.9 Å². The molecule has 1 aliphatic heterocycles. The molecule has 1 atom stereocenters. The molecular weight excluding hydrogens is 346 g/mol. The van der Waals surface area contributed by atoms with Gasteiger partial charge in [0, 0.05) is 6.61 Å². The van der Waals surface area contributed by atoms with Gasteiger partial charge in [-0.25, -0.2) is 9.78 Å². The minimum absolute atomic E-state index is 0.0523. The van der Waals surface area contributed by atoms with Crippen molar-refractivity contribution in [2.75, 3.05) is 6.61 Å². The predicted molar refractivity (Wildman–Crippen MR) is 81.5 cm³/mol. The van der Waals surface area contributed by atoms with Crippen molar-refractivity contribution in [1.82, 2.24) is 9.55 Å². The van der Waals surface area contributed by atoms with Crippen LogP contribution in [-0.2, 0) is 31.5 Å². The lowest BCUT2D eigenvalue weighted by atomic mass is 10.2. The third-order valence-corrected chi connectivity index (χ3v) is 5.03. The zero-order valence-electron chi connectivity index (χ0n) is 11.9. The lowest BCUT2D eigenvalue weighted by Gasteiger charge is -2.27. The normalized spacial score (nSPS) is 17.9. The van der Waals surface area contributed by atoms with Crippen LogP contribution in [0.4, 0.5) is 4.79 Å². The number of aromatic nitrogens is 2. The molecule has 2 aromatic rings. The number of imidazole rings is 1. The largest absolute Gasteiger partial charge is 0.420 e. The molecule has 124 valence electrons. The maximum atomic E-state index is 12.0. The summed E-state index contributed by atoms with van der Waals surface area (Å²) < 4.78 is 35.3. The van der Waals surface area contributed by atoms with Crippen LogP contribution in [0, 0.1) is 0 Å². The summed E-state index contributed by atoms with van der Waals surface area (Å²) in [5, 5.41) is 0. The van der Waals surface area contributed by atoms with Gasteiger partial charge < -0.3 is 19.2 Å². The van der Waals surface area contributed by atoms with Gasteiger partial charge in [0.1, 0.15) is 10.7 Å². The van der Waals surface area contributed by atoms with Crippen molar-refractivity contribution in [3.05, 3.63) is 24.0 Å². The zero-order valence-corrected chi connectivity index (χ0v) is 13.5. The molecule has 10 heteroatoms. The average molecular weight is 360 g/mol. The van der Waals surface area contributed by atoms with Crippen molar-refractivity contribution in [1.29, 1.82) is 0 Å². The second-order valence-corrected chi connectivity index (χ2v) is 6.87. The van der Waals surface area contributed by atoms with E-state index in [2.05, 4.69) is 9.17 Å². The highest BCUT2D eigenvalue weighted by molar-refractivity contribution is 7.87. The van der Waals surface area contributed by atoms with Gasteiger partial charge in [0.05, 0.1) is 29.6 Å². The summed E-state index contributed by atoms with van der Waals surface area (Å²) in [6, 6.07) is 4.21. The minimum atomic E-state index is -4.27. The maximum absolute atomic E-state index is 12.0. The van der Waals surface area contributed by atoms with Crippen LogP contribution >= 0.6 is 11.6 Å². The number of rotatable bonds is 5. The van der Waals surface area contributed by atoms with E-state index < -0.39 is 16.2 Å². The number of amides is 1. The second-order valence-electron chi connectivity index (χ2n) is 5.06. The number of hydrogen-bond acceptors (Lipinski definition) is 6. The van der Waals surface area contributed by atoms with Crippen LogP contribution in [0.5, 0.6) is 0 Å². The molecule has 0 radical (unpaired) electrons. The van der Waals surface area contributed by atoms with E-state index in [4.69, 9.17) is 22.1 Å². The second kappa shape index (κ2) is 5.99. The summed E-state index contributed by atoms with van der Waals surface area (Å²) in [4.78, 5) is 14.9. The molecule has 1 aromatic carbocycles. The Morgan fingerprint density at radius 3 is 2.83 bits per heavy atom. The summed E-state index contributed by atoms with van der Waals surface area (Å²) in [5.74, 6) is 0.795. The molecule has 0 bridgehead atoms. The monoisotopic (exact) mass is 359 g/mol. The Morgan fingerprint density at radius 2 is 2.26 bits per heavy atom. The number of alkyl halides is 1. The Hall–Kier alpha value is -1.84. The SMILES string of the molecule is NC(=O)OS(=O)(=O)c1ccc2nc(CCl)n(C[C@@H]3CCO3)c2c1. The summed E-state index contributed by atoms with van der Waals surface area (Å²) >= 11 is 5.92. The molecular formula is C13H14ClN3O5S. The van der Waals surface area contributed by atoms with Crippen molar-refractivity contribution >= 4 is 38.8 Å². The van der Waals surface area contributed by atoms with Gasteiger partial charge in [-0.1, -0.05) is 0 Å². The Bertz CT molecular complexity index is 860. The summed E-state index contributed by atoms with van der Waals surface area (Å²) in [5.41, 5.74) is 5.95. The Morgan fingerprint density at radius 1 is 1.52 bits per heavy atom. The number of fused-ring (bicyclic) bond motifs is 1. The molecule has 1 saturated heterocycles. The van der Waals surface area contributed by atoms with E-state index in [1.54, 1.807) is 0 Å². The number of primary amides is 1. The molecule has 3 rings (SSSR count). The molecule has 0 saturated carbocycles. The Kier molecular flexibility index (Phi) is 4.17. The van der Waals surface area contributed by atoms with Crippen LogP contribution in [-0.4, -0.2) is 36.8 Å². The minimum Gasteiger partial charge on any atom is -0.376 e. The van der Waals surface area contributed by atoms with Crippen molar-refractivity contribution < 1.29 is 22.1 Å². The third-order valence-electron chi connectivity index (χ3n) is 3.58. The molecule has 1 amide bonds. The van der Waals surface area contributed by atoms with Gasteiger partial charge in [0.2, 0.25) is 0 Å². The third kappa shape index (κ3) is 3.12. The van der Waals surface area contributed by atoms with E-state index in [0.717, 1.165) is 6.42 Å². The summed E-state index contributed by atoms with van der Waals surface area (Å²) in [7, 11) is -4.27. The fourth-order valence-electron chi connectivity index (χ4n) is 2.40. The maximum Gasteiger partial charge on any atom is 0.420 e. The number of nitrogens with two attached hydrogens (primary N) is 1. The first-order valence-corrected chi connectivity index (χ1v) is 8.75. The zero-order chi connectivity index (χ0) is 16.6. The highest BCUT2D eigenvalue weighted by atomic mass is 35.5. The number of ether oxygens (including phenoxy) is 1. The van der Waals surface area contributed by atoms with Gasteiger partial charge in [-0.2, -0.15) is 8.42 Å². The molecule has 0 aliphatic carbocycles. The molecule has 23 heavy (non-hydrogen) atoms. The first-order chi connectivity index (χ1) is 10.9. The van der Waals surface area contributed by atoms with E-state index in [9.17, 15) is 13.2 Å². The summed E-state index contributed by atoms with van der Waals surface area (Å²) in [6.45, 7) is 1.23. The number of carbonyl (C=O) groups is 1. The van der Waals surface area contributed by atoms with Crippen molar-refractivity contribution in [3.8, 4) is 0 Å². The van der Waals surface area contributed by atoms with Crippen LogP contribution in [0.3, 0.4) is 0 Å². The predicted octanol–water partition coefficient (Wildman–Crippen LogP) is 1.35. The highest BCUT2D eigenvalue weighted by Gasteiger charge is 2.24. The number of benzene rings is 1. The summed E-state index contributed by atoms with van der Waals surface area (Å²) in [6.07, 6.45) is -0.413. The van der Waals surface area contributed by atoms with Gasteiger partial charge in [-0.05, 0) is 24.6 Å². The number of hydrogen-bond donors (Lipinski definition) is 1. The van der Waals surface area contributed by atoms with Crippen molar-refractivity contribution in [3.63, 3.8) is 0 Å². The van der Waals surface area contributed by atoms with E-state index >= 15 is 0 Å². The van der Waals surface area contributed by atoms with Crippen LogP contribution in [0.15, 0.2) is 23.1 Å². The molecule has 2 heterocycles. The van der Waals surface area contributed by atoms with E-state index in [0.29, 0.717) is 30.0 Å². The average Bonchev–Trinajstić information content (AvgIpc) is 2.78. The number of halogens is 1. The fourth-order valence-corrected chi connectivity index (χ4v) is 3.41. The van der Waals surface area contributed by atoms with Gasteiger partial charge >= 0.3 is 16.2 Å². The van der Waals surface area contributed by atoms with Gasteiger partial charge in [0.25, 0.3) is 0 Å². The van der Waals surface area contributed by atoms with Crippen LogP contribution in [0.1, 0.15) is 12.2 Å². The topological polar surface area (TPSA) is 114 Å². The molecule has 1 aromatic heterocycles. The van der Waals surface area contributed by atoms with Gasteiger partial charge in [-0.3, -0.25) is 0 Å². The first kappa shape index (κ1) is 16.0. The molecule has 0 spiro atoms. The number of nitrogens with zero attached hydrogens (tertiary/aromatic N) is 2. The number of carbonyl (C=O) groups excluding carboxylic acids is 1.